The first-order valence-corrected chi connectivity index (χ1v) is 10.9. The minimum Gasteiger partial charge on any atom is -0.444 e. The first-order chi connectivity index (χ1) is 14.6. The zero-order valence-corrected chi connectivity index (χ0v) is 18.4. The van der Waals surface area contributed by atoms with Crippen molar-refractivity contribution < 1.29 is 13.9 Å². The lowest BCUT2D eigenvalue weighted by atomic mass is 9.89. The Labute approximate surface area is 184 Å². The predicted octanol–water partition coefficient (Wildman–Crippen LogP) is 6.98. The molecule has 1 aliphatic heterocycles. The van der Waals surface area contributed by atoms with Crippen LogP contribution in [0, 0.1) is 5.82 Å². The van der Waals surface area contributed by atoms with Crippen LogP contribution in [-0.2, 0) is 24.2 Å². The number of hydrogen-bond donors (Lipinski definition) is 0. The lowest BCUT2D eigenvalue weighted by Gasteiger charge is -2.38. The van der Waals surface area contributed by atoms with E-state index in [2.05, 4.69) is 28.9 Å². The number of hydrogen-bond acceptors (Lipinski definition) is 2. The number of nitrogens with zero attached hydrogens (tertiary/aromatic N) is 1. The molecule has 0 spiro atoms. The van der Waals surface area contributed by atoms with Gasteiger partial charge < -0.3 is 4.74 Å². The average molecular weight is 468 g/mol. The van der Waals surface area contributed by atoms with Gasteiger partial charge in [-0.25, -0.2) is 9.18 Å². The Kier molecular flexibility index (Phi) is 6.18. The fourth-order valence-corrected chi connectivity index (χ4v) is 4.65. The molecule has 1 aliphatic rings. The van der Waals surface area contributed by atoms with E-state index in [-0.39, 0.29) is 18.5 Å². The van der Waals surface area contributed by atoms with Crippen molar-refractivity contribution in [2.75, 3.05) is 4.90 Å². The van der Waals surface area contributed by atoms with Gasteiger partial charge in [-0.05, 0) is 65.8 Å². The molecule has 154 valence electrons. The second-order valence-corrected chi connectivity index (χ2v) is 8.36. The maximum absolute atomic E-state index is 14.0. The number of carbonyl (C=O) groups is 1. The Morgan fingerprint density at radius 3 is 2.67 bits per heavy atom. The molecule has 30 heavy (non-hydrogen) atoms. The number of aryl methyl sites for hydroxylation is 2. The molecule has 1 heterocycles. The average Bonchev–Trinajstić information content (AvgIpc) is 2.76. The van der Waals surface area contributed by atoms with Gasteiger partial charge in [-0.15, -0.1) is 0 Å². The molecule has 0 bridgehead atoms. The van der Waals surface area contributed by atoms with E-state index >= 15 is 0 Å². The van der Waals surface area contributed by atoms with Crippen molar-refractivity contribution >= 4 is 27.7 Å². The number of ether oxygens (including phenoxy) is 1. The largest absolute Gasteiger partial charge is 0.444 e. The number of fused-ring (bicyclic) bond motifs is 1. The molecule has 3 aromatic carbocycles. The van der Waals surface area contributed by atoms with E-state index in [1.54, 1.807) is 11.0 Å². The van der Waals surface area contributed by atoms with E-state index in [0.717, 1.165) is 45.3 Å². The van der Waals surface area contributed by atoms with E-state index in [1.165, 1.54) is 12.1 Å². The quantitative estimate of drug-likeness (QED) is 0.414. The van der Waals surface area contributed by atoms with Crippen LogP contribution in [0.2, 0.25) is 0 Å². The van der Waals surface area contributed by atoms with Crippen molar-refractivity contribution in [1.29, 1.82) is 0 Å². The molecule has 0 saturated carbocycles. The maximum Gasteiger partial charge on any atom is 0.415 e. The molecule has 5 heteroatoms. The van der Waals surface area contributed by atoms with Crippen LogP contribution >= 0.6 is 15.9 Å². The van der Waals surface area contributed by atoms with Crippen molar-refractivity contribution in [2.24, 2.45) is 0 Å². The highest BCUT2D eigenvalue weighted by atomic mass is 79.9. The lowest BCUT2D eigenvalue weighted by molar-refractivity contribution is 0.143. The fourth-order valence-electron chi connectivity index (χ4n) is 4.10. The predicted molar refractivity (Wildman–Crippen MR) is 120 cm³/mol. The summed E-state index contributed by atoms with van der Waals surface area (Å²) in [5, 5.41) is 0. The molecule has 0 aliphatic carbocycles. The molecule has 0 N–H and O–H groups in total. The van der Waals surface area contributed by atoms with E-state index in [4.69, 9.17) is 4.74 Å². The van der Waals surface area contributed by atoms with E-state index < -0.39 is 6.09 Å². The van der Waals surface area contributed by atoms with Gasteiger partial charge in [0, 0.05) is 4.47 Å². The SMILES string of the molecule is CCc1cc(Br)cc2c1N(C(=O)OCc1ccccc1)C(c1cccc(F)c1)CC2. The first kappa shape index (κ1) is 20.6. The third-order valence-electron chi connectivity index (χ3n) is 5.49. The Hall–Kier alpha value is -2.66. The van der Waals surface area contributed by atoms with Gasteiger partial charge in [0.2, 0.25) is 0 Å². The van der Waals surface area contributed by atoms with Crippen LogP contribution in [0.1, 0.15) is 41.6 Å². The van der Waals surface area contributed by atoms with Gasteiger partial charge >= 0.3 is 6.09 Å². The van der Waals surface area contributed by atoms with E-state index in [1.807, 2.05) is 42.5 Å². The zero-order valence-electron chi connectivity index (χ0n) is 16.8. The van der Waals surface area contributed by atoms with Gasteiger partial charge in [-0.3, -0.25) is 4.90 Å². The van der Waals surface area contributed by atoms with Gasteiger partial charge in [0.05, 0.1) is 11.7 Å². The Balaban J connectivity index is 1.73. The second kappa shape index (κ2) is 9.00. The molecule has 4 rings (SSSR count). The summed E-state index contributed by atoms with van der Waals surface area (Å²) >= 11 is 3.59. The number of amides is 1. The number of anilines is 1. The van der Waals surface area contributed by atoms with Crippen LogP contribution < -0.4 is 4.90 Å². The second-order valence-electron chi connectivity index (χ2n) is 7.45. The molecule has 0 radical (unpaired) electrons. The lowest BCUT2D eigenvalue weighted by Crippen LogP contribution is -2.39. The van der Waals surface area contributed by atoms with Crippen LogP contribution in [0.5, 0.6) is 0 Å². The van der Waals surface area contributed by atoms with Crippen LogP contribution in [0.3, 0.4) is 0 Å². The van der Waals surface area contributed by atoms with Crippen molar-refractivity contribution in [3.63, 3.8) is 0 Å². The van der Waals surface area contributed by atoms with Crippen LogP contribution in [0.4, 0.5) is 14.9 Å². The first-order valence-electron chi connectivity index (χ1n) is 10.1. The Morgan fingerprint density at radius 1 is 1.13 bits per heavy atom. The molecule has 3 nitrogen and oxygen atoms in total. The molecule has 0 fully saturated rings. The van der Waals surface area contributed by atoms with Crippen LogP contribution in [0.15, 0.2) is 71.2 Å². The summed E-state index contributed by atoms with van der Waals surface area (Å²) in [4.78, 5) is 15.1. The van der Waals surface area contributed by atoms with E-state index in [9.17, 15) is 9.18 Å². The number of benzene rings is 3. The molecule has 1 unspecified atom stereocenters. The number of rotatable bonds is 4. The zero-order chi connectivity index (χ0) is 21.1. The van der Waals surface area contributed by atoms with Gasteiger partial charge in [0.15, 0.2) is 0 Å². The third kappa shape index (κ3) is 4.26. The summed E-state index contributed by atoms with van der Waals surface area (Å²) < 4.78 is 20.7. The molecular weight excluding hydrogens is 445 g/mol. The minimum atomic E-state index is -0.411. The number of halogens is 2. The maximum atomic E-state index is 14.0. The summed E-state index contributed by atoms with van der Waals surface area (Å²) in [7, 11) is 0. The molecule has 0 saturated heterocycles. The summed E-state index contributed by atoms with van der Waals surface area (Å²) in [6.07, 6.45) is 1.88. The number of carbonyl (C=O) groups excluding carboxylic acids is 1. The molecular formula is C25H23BrFNO2. The molecule has 0 aromatic heterocycles. The highest BCUT2D eigenvalue weighted by Gasteiger charge is 2.35. The molecule has 1 atom stereocenters. The van der Waals surface area contributed by atoms with Gasteiger partial charge in [-0.2, -0.15) is 0 Å². The third-order valence-corrected chi connectivity index (χ3v) is 5.95. The smallest absolute Gasteiger partial charge is 0.415 e. The Bertz CT molecular complexity index is 1040. The Morgan fingerprint density at radius 2 is 1.93 bits per heavy atom. The summed E-state index contributed by atoms with van der Waals surface area (Å²) in [6.45, 7) is 2.26. The van der Waals surface area contributed by atoms with E-state index in [0.29, 0.717) is 6.42 Å². The van der Waals surface area contributed by atoms with Gasteiger partial charge in [0.1, 0.15) is 12.4 Å². The van der Waals surface area contributed by atoms with Gasteiger partial charge in [-0.1, -0.05) is 65.3 Å². The topological polar surface area (TPSA) is 29.5 Å². The normalized spacial score (nSPS) is 15.6. The van der Waals surface area contributed by atoms with Crippen LogP contribution in [0.25, 0.3) is 0 Å². The van der Waals surface area contributed by atoms with Crippen molar-refractivity contribution in [3.05, 3.63) is 99.3 Å². The van der Waals surface area contributed by atoms with Gasteiger partial charge in [0.25, 0.3) is 0 Å². The van der Waals surface area contributed by atoms with Crippen molar-refractivity contribution in [1.82, 2.24) is 0 Å². The van der Waals surface area contributed by atoms with Crippen LogP contribution in [-0.4, -0.2) is 6.09 Å². The summed E-state index contributed by atoms with van der Waals surface area (Å²) in [5.41, 5.74) is 4.76. The highest BCUT2D eigenvalue weighted by Crippen LogP contribution is 2.43. The molecule has 3 aromatic rings. The summed E-state index contributed by atoms with van der Waals surface area (Å²) in [5.74, 6) is -0.303. The van der Waals surface area contributed by atoms with Crippen molar-refractivity contribution in [3.8, 4) is 0 Å². The fraction of sp³-hybridized carbons (Fsp3) is 0.240. The molecule has 1 amide bonds. The highest BCUT2D eigenvalue weighted by molar-refractivity contribution is 9.10. The summed E-state index contributed by atoms with van der Waals surface area (Å²) in [6, 6.07) is 20.0. The minimum absolute atomic E-state index is 0.194. The monoisotopic (exact) mass is 467 g/mol. The standard InChI is InChI=1S/C25H23BrFNO2/c1-2-18-13-21(26)14-20-11-12-23(19-9-6-10-22(27)15-19)28(24(18)20)25(29)30-16-17-7-4-3-5-8-17/h3-10,13-15,23H,2,11-12,16H2,1H3. The van der Waals surface area contributed by atoms with Crippen molar-refractivity contribution in [2.45, 2.75) is 38.8 Å².